The van der Waals surface area contributed by atoms with Crippen molar-refractivity contribution in [3.05, 3.63) is 29.8 Å². The summed E-state index contributed by atoms with van der Waals surface area (Å²) >= 11 is 0. The molecule has 1 rings (SSSR count). The molecule has 0 aliphatic rings. The van der Waals surface area contributed by atoms with Gasteiger partial charge in [0.15, 0.2) is 0 Å². The van der Waals surface area contributed by atoms with E-state index in [9.17, 15) is 9.59 Å². The van der Waals surface area contributed by atoms with Crippen molar-refractivity contribution in [3.63, 3.8) is 0 Å². The third-order valence-corrected chi connectivity index (χ3v) is 3.68. The Hall–Kier alpha value is -1.68. The van der Waals surface area contributed by atoms with Crippen LogP contribution in [0.3, 0.4) is 0 Å². The van der Waals surface area contributed by atoms with E-state index in [1.165, 1.54) is 6.92 Å². The van der Waals surface area contributed by atoms with Gasteiger partial charge in [-0.15, -0.1) is 0 Å². The van der Waals surface area contributed by atoms with E-state index in [-0.39, 0.29) is 5.97 Å². The molecule has 0 fully saturated rings. The molecular formula is C18H27NO3. The van der Waals surface area contributed by atoms with Crippen LogP contribution >= 0.6 is 0 Å². The molecule has 0 aliphatic heterocycles. The van der Waals surface area contributed by atoms with Crippen LogP contribution in [-0.2, 0) is 16.0 Å². The first-order valence-corrected chi connectivity index (χ1v) is 8.06. The van der Waals surface area contributed by atoms with Crippen LogP contribution in [-0.4, -0.2) is 36.3 Å². The number of rotatable bonds is 10. The van der Waals surface area contributed by atoms with E-state index in [0.717, 1.165) is 38.0 Å². The second-order valence-corrected chi connectivity index (χ2v) is 5.41. The highest BCUT2D eigenvalue weighted by atomic mass is 16.5. The quantitative estimate of drug-likeness (QED) is 0.492. The molecule has 1 aromatic carbocycles. The molecule has 0 aromatic heterocycles. The Morgan fingerprint density at radius 2 is 1.86 bits per heavy atom. The highest BCUT2D eigenvalue weighted by Crippen LogP contribution is 2.15. The van der Waals surface area contributed by atoms with E-state index in [2.05, 4.69) is 18.7 Å². The lowest BCUT2D eigenvalue weighted by molar-refractivity contribution is -0.131. The molecule has 4 nitrogen and oxygen atoms in total. The summed E-state index contributed by atoms with van der Waals surface area (Å²) in [5.74, 6) is 0.574. The minimum absolute atomic E-state index is 0.316. The van der Waals surface area contributed by atoms with Crippen molar-refractivity contribution in [2.75, 3.05) is 19.6 Å². The molecule has 22 heavy (non-hydrogen) atoms. The van der Waals surface area contributed by atoms with Crippen molar-refractivity contribution in [1.29, 1.82) is 0 Å². The van der Waals surface area contributed by atoms with E-state index in [1.54, 1.807) is 6.07 Å². The van der Waals surface area contributed by atoms with Crippen LogP contribution < -0.4 is 4.74 Å². The molecule has 0 saturated heterocycles. The maximum atomic E-state index is 11.9. The SMILES string of the molecule is CCN(CC)CCC(=O)CCCc1cccc(OC(C)=O)c1. The number of nitrogens with zero attached hydrogens (tertiary/aromatic N) is 1. The molecule has 122 valence electrons. The summed E-state index contributed by atoms with van der Waals surface area (Å²) in [6, 6.07) is 7.49. The van der Waals surface area contributed by atoms with Gasteiger partial charge in [-0.3, -0.25) is 9.59 Å². The Balaban J connectivity index is 2.31. The van der Waals surface area contributed by atoms with Crippen molar-refractivity contribution in [1.82, 2.24) is 4.90 Å². The van der Waals surface area contributed by atoms with Gasteiger partial charge in [0.25, 0.3) is 0 Å². The number of carbonyl (C=O) groups excluding carboxylic acids is 2. The van der Waals surface area contributed by atoms with Crippen molar-refractivity contribution < 1.29 is 14.3 Å². The molecule has 0 N–H and O–H groups in total. The van der Waals surface area contributed by atoms with Gasteiger partial charge in [-0.25, -0.2) is 0 Å². The maximum Gasteiger partial charge on any atom is 0.308 e. The minimum Gasteiger partial charge on any atom is -0.427 e. The smallest absolute Gasteiger partial charge is 0.308 e. The fourth-order valence-corrected chi connectivity index (χ4v) is 2.37. The summed E-state index contributed by atoms with van der Waals surface area (Å²) in [6.07, 6.45) is 2.90. The van der Waals surface area contributed by atoms with Crippen LogP contribution in [0.5, 0.6) is 5.75 Å². The third-order valence-electron chi connectivity index (χ3n) is 3.68. The van der Waals surface area contributed by atoms with Crippen molar-refractivity contribution >= 4 is 11.8 Å². The van der Waals surface area contributed by atoms with Crippen LogP contribution in [0.25, 0.3) is 0 Å². The summed E-state index contributed by atoms with van der Waals surface area (Å²) in [7, 11) is 0. The van der Waals surface area contributed by atoms with E-state index in [4.69, 9.17) is 4.74 Å². The standard InChI is InChI=1S/C18H27NO3/c1-4-19(5-2)13-12-17(21)10-6-8-16-9-7-11-18(14-16)22-15(3)20/h7,9,11,14H,4-6,8,10,12-13H2,1-3H3. The first-order chi connectivity index (χ1) is 10.5. The van der Waals surface area contributed by atoms with Gasteiger partial charge in [0, 0.05) is 26.3 Å². The number of benzene rings is 1. The average molecular weight is 305 g/mol. The van der Waals surface area contributed by atoms with E-state index in [0.29, 0.717) is 24.4 Å². The Morgan fingerprint density at radius 1 is 1.14 bits per heavy atom. The molecule has 0 amide bonds. The normalized spacial score (nSPS) is 10.7. The van der Waals surface area contributed by atoms with Crippen LogP contribution in [0.2, 0.25) is 0 Å². The largest absolute Gasteiger partial charge is 0.427 e. The molecule has 0 atom stereocenters. The number of aryl methyl sites for hydroxylation is 1. The summed E-state index contributed by atoms with van der Waals surface area (Å²) in [5, 5.41) is 0. The summed E-state index contributed by atoms with van der Waals surface area (Å²) in [4.78, 5) is 25.1. The zero-order valence-corrected chi connectivity index (χ0v) is 13.9. The van der Waals surface area contributed by atoms with Gasteiger partial charge in [0.1, 0.15) is 11.5 Å². The number of carbonyl (C=O) groups is 2. The van der Waals surface area contributed by atoms with Gasteiger partial charge in [-0.1, -0.05) is 26.0 Å². The molecule has 4 heteroatoms. The zero-order chi connectivity index (χ0) is 16.4. The lowest BCUT2D eigenvalue weighted by Gasteiger charge is -2.16. The molecule has 0 heterocycles. The number of ketones is 1. The van der Waals surface area contributed by atoms with E-state index >= 15 is 0 Å². The van der Waals surface area contributed by atoms with Crippen molar-refractivity contribution in [2.45, 2.75) is 46.5 Å². The highest BCUT2D eigenvalue weighted by molar-refractivity contribution is 5.78. The molecule has 1 aromatic rings. The van der Waals surface area contributed by atoms with Gasteiger partial charge in [0.05, 0.1) is 0 Å². The highest BCUT2D eigenvalue weighted by Gasteiger charge is 2.06. The van der Waals surface area contributed by atoms with Crippen LogP contribution in [0.1, 0.15) is 45.6 Å². The Morgan fingerprint density at radius 3 is 2.50 bits per heavy atom. The maximum absolute atomic E-state index is 11.9. The van der Waals surface area contributed by atoms with Crippen LogP contribution in [0.4, 0.5) is 0 Å². The van der Waals surface area contributed by atoms with Gasteiger partial charge < -0.3 is 9.64 Å². The first kappa shape index (κ1) is 18.4. The second kappa shape index (κ2) is 10.1. The average Bonchev–Trinajstić information content (AvgIpc) is 2.48. The number of Topliss-reactive ketones (excluding diaryl/α,β-unsaturated/α-hetero) is 1. The molecule has 0 unspecified atom stereocenters. The van der Waals surface area contributed by atoms with E-state index < -0.39 is 0 Å². The minimum atomic E-state index is -0.316. The van der Waals surface area contributed by atoms with Gasteiger partial charge in [0.2, 0.25) is 0 Å². The predicted molar refractivity (Wildman–Crippen MR) is 88.1 cm³/mol. The fourth-order valence-electron chi connectivity index (χ4n) is 2.37. The Bertz CT molecular complexity index is 481. The van der Waals surface area contributed by atoms with Crippen molar-refractivity contribution in [3.8, 4) is 5.75 Å². The van der Waals surface area contributed by atoms with E-state index in [1.807, 2.05) is 18.2 Å². The molecular weight excluding hydrogens is 278 g/mol. The van der Waals surface area contributed by atoms with Gasteiger partial charge >= 0.3 is 5.97 Å². The Kier molecular flexibility index (Phi) is 8.44. The fraction of sp³-hybridized carbons (Fsp3) is 0.556. The van der Waals surface area contributed by atoms with Gasteiger partial charge in [-0.05, 0) is 43.6 Å². The Labute approximate surface area is 133 Å². The number of ether oxygens (including phenoxy) is 1. The molecule has 0 radical (unpaired) electrons. The summed E-state index contributed by atoms with van der Waals surface area (Å²) in [5.41, 5.74) is 1.09. The van der Waals surface area contributed by atoms with Gasteiger partial charge in [-0.2, -0.15) is 0 Å². The zero-order valence-electron chi connectivity index (χ0n) is 13.9. The third kappa shape index (κ3) is 7.36. The lowest BCUT2D eigenvalue weighted by atomic mass is 10.0. The summed E-state index contributed by atoms with van der Waals surface area (Å²) in [6.45, 7) is 8.46. The topological polar surface area (TPSA) is 46.6 Å². The number of esters is 1. The second-order valence-electron chi connectivity index (χ2n) is 5.41. The molecule has 0 bridgehead atoms. The summed E-state index contributed by atoms with van der Waals surface area (Å²) < 4.78 is 5.06. The lowest BCUT2D eigenvalue weighted by Crippen LogP contribution is -2.25. The predicted octanol–water partition coefficient (Wildman–Crippen LogP) is 3.24. The number of hydrogen-bond donors (Lipinski definition) is 0. The molecule has 0 saturated carbocycles. The van der Waals surface area contributed by atoms with Crippen LogP contribution in [0, 0.1) is 0 Å². The number of hydrogen-bond acceptors (Lipinski definition) is 4. The molecule has 0 aliphatic carbocycles. The molecule has 0 spiro atoms. The van der Waals surface area contributed by atoms with Crippen LogP contribution in [0.15, 0.2) is 24.3 Å². The van der Waals surface area contributed by atoms with Crippen molar-refractivity contribution in [2.24, 2.45) is 0 Å². The first-order valence-electron chi connectivity index (χ1n) is 8.06. The monoisotopic (exact) mass is 305 g/mol.